The van der Waals surface area contributed by atoms with Crippen LogP contribution >= 0.6 is 0 Å². The van der Waals surface area contributed by atoms with Gasteiger partial charge < -0.3 is 25.0 Å². The number of rotatable bonds is 5. The second-order valence-corrected chi connectivity index (χ2v) is 9.93. The molecule has 2 aromatic rings. The number of carbonyl (C=O) groups is 2. The summed E-state index contributed by atoms with van der Waals surface area (Å²) in [7, 11) is 0. The van der Waals surface area contributed by atoms with E-state index in [-0.39, 0.29) is 11.9 Å². The third-order valence-corrected chi connectivity index (χ3v) is 7.54. The molecule has 0 aliphatic carbocycles. The third kappa shape index (κ3) is 5.03. The molecule has 9 nitrogen and oxygen atoms in total. The van der Waals surface area contributed by atoms with Crippen LogP contribution in [0, 0.1) is 12.8 Å². The molecule has 2 atom stereocenters. The van der Waals surface area contributed by atoms with Gasteiger partial charge in [-0.15, -0.1) is 0 Å². The van der Waals surface area contributed by atoms with E-state index in [0.29, 0.717) is 37.9 Å². The van der Waals surface area contributed by atoms with Crippen LogP contribution in [0.15, 0.2) is 30.3 Å². The standard InChI is InChI=1S/C27H35N5O4/c1-3-19-6-8-31(17-19)27(35)28-21-5-4-18(2)22(16-21)20-14-24(30-10-12-36-13-11-30)29-25(15-20)32-9-7-23(33)26(32)34/h4-5,14-16,19,23,33H,3,6-13,17H2,1-2H3,(H,28,35)/t19-,23?/m1/s1. The SMILES string of the molecule is CC[C@@H]1CCN(C(=O)Nc2ccc(C)c(-c3cc(N4CCOCC4)nc(N4CCC(O)C4=O)c3)c2)C1. The molecule has 0 saturated carbocycles. The number of morpholine rings is 1. The summed E-state index contributed by atoms with van der Waals surface area (Å²) in [6.07, 6.45) is 1.55. The monoisotopic (exact) mass is 493 g/mol. The predicted octanol–water partition coefficient (Wildman–Crippen LogP) is 3.26. The first-order valence-corrected chi connectivity index (χ1v) is 12.9. The summed E-state index contributed by atoms with van der Waals surface area (Å²) < 4.78 is 5.51. The number of anilines is 3. The van der Waals surface area contributed by atoms with Gasteiger partial charge in [-0.3, -0.25) is 9.69 Å². The van der Waals surface area contributed by atoms with Crippen LogP contribution in [0.3, 0.4) is 0 Å². The van der Waals surface area contributed by atoms with E-state index in [0.717, 1.165) is 67.2 Å². The highest BCUT2D eigenvalue weighted by Gasteiger charge is 2.32. The molecule has 0 spiro atoms. The van der Waals surface area contributed by atoms with Crippen LogP contribution in [0.5, 0.6) is 0 Å². The van der Waals surface area contributed by atoms with Gasteiger partial charge in [-0.1, -0.05) is 19.4 Å². The minimum Gasteiger partial charge on any atom is -0.383 e. The van der Waals surface area contributed by atoms with Crippen molar-refractivity contribution >= 4 is 29.3 Å². The highest BCUT2D eigenvalue weighted by molar-refractivity contribution is 5.98. The molecule has 1 unspecified atom stereocenters. The maximum absolute atomic E-state index is 12.9. The largest absolute Gasteiger partial charge is 0.383 e. The number of aliphatic hydroxyl groups is 1. The molecule has 2 N–H and O–H groups in total. The summed E-state index contributed by atoms with van der Waals surface area (Å²) in [5.41, 5.74) is 3.67. The summed E-state index contributed by atoms with van der Waals surface area (Å²) in [6, 6.07) is 9.79. The van der Waals surface area contributed by atoms with E-state index in [1.807, 2.05) is 42.2 Å². The Morgan fingerprint density at radius 2 is 1.89 bits per heavy atom. The number of pyridine rings is 1. The van der Waals surface area contributed by atoms with Crippen LogP contribution in [0.1, 0.15) is 31.7 Å². The summed E-state index contributed by atoms with van der Waals surface area (Å²) >= 11 is 0. The van der Waals surface area contributed by atoms with Gasteiger partial charge in [0.1, 0.15) is 17.7 Å². The lowest BCUT2D eigenvalue weighted by atomic mass is 10.00. The number of aryl methyl sites for hydroxylation is 1. The molecule has 0 bridgehead atoms. The van der Waals surface area contributed by atoms with Crippen LogP contribution in [0.4, 0.5) is 22.1 Å². The second kappa shape index (κ2) is 10.4. The molecule has 36 heavy (non-hydrogen) atoms. The first kappa shape index (κ1) is 24.5. The maximum Gasteiger partial charge on any atom is 0.321 e. The van der Waals surface area contributed by atoms with Gasteiger partial charge in [0, 0.05) is 44.8 Å². The van der Waals surface area contributed by atoms with Gasteiger partial charge in [0.2, 0.25) is 0 Å². The van der Waals surface area contributed by atoms with E-state index in [1.54, 1.807) is 4.90 Å². The normalized spacial score (nSPS) is 22.4. The molecule has 4 heterocycles. The number of urea groups is 1. The van der Waals surface area contributed by atoms with Crippen molar-refractivity contribution in [3.8, 4) is 11.1 Å². The highest BCUT2D eigenvalue weighted by Crippen LogP contribution is 2.34. The van der Waals surface area contributed by atoms with Crippen molar-refractivity contribution in [3.63, 3.8) is 0 Å². The molecular weight excluding hydrogens is 458 g/mol. The number of amides is 3. The van der Waals surface area contributed by atoms with Crippen molar-refractivity contribution in [1.29, 1.82) is 0 Å². The van der Waals surface area contributed by atoms with Crippen molar-refractivity contribution in [2.45, 2.75) is 39.2 Å². The number of likely N-dealkylation sites (tertiary alicyclic amines) is 1. The fraction of sp³-hybridized carbons (Fsp3) is 0.519. The predicted molar refractivity (Wildman–Crippen MR) is 139 cm³/mol. The zero-order chi connectivity index (χ0) is 25.2. The van der Waals surface area contributed by atoms with Gasteiger partial charge in [-0.2, -0.15) is 0 Å². The van der Waals surface area contributed by atoms with Gasteiger partial charge in [-0.25, -0.2) is 9.78 Å². The van der Waals surface area contributed by atoms with Crippen LogP contribution in [0.2, 0.25) is 0 Å². The van der Waals surface area contributed by atoms with Gasteiger partial charge in [-0.05, 0) is 60.2 Å². The Labute approximate surface area is 212 Å². The second-order valence-electron chi connectivity index (χ2n) is 9.93. The molecule has 3 saturated heterocycles. The minimum absolute atomic E-state index is 0.0678. The van der Waals surface area contributed by atoms with Crippen LogP contribution in [-0.4, -0.2) is 79.0 Å². The Bertz CT molecular complexity index is 1130. The summed E-state index contributed by atoms with van der Waals surface area (Å²) in [6.45, 7) is 8.91. The first-order valence-electron chi connectivity index (χ1n) is 12.9. The van der Waals surface area contributed by atoms with Gasteiger partial charge in [0.25, 0.3) is 5.91 Å². The number of ether oxygens (including phenoxy) is 1. The van der Waals surface area contributed by atoms with Crippen molar-refractivity contribution in [1.82, 2.24) is 9.88 Å². The smallest absolute Gasteiger partial charge is 0.321 e. The van der Waals surface area contributed by atoms with Crippen LogP contribution in [-0.2, 0) is 9.53 Å². The summed E-state index contributed by atoms with van der Waals surface area (Å²) in [4.78, 5) is 35.9. The molecule has 3 aliphatic rings. The maximum atomic E-state index is 12.9. The number of carbonyl (C=O) groups excluding carboxylic acids is 2. The Morgan fingerprint density at radius 1 is 1.11 bits per heavy atom. The summed E-state index contributed by atoms with van der Waals surface area (Å²) in [5.74, 6) is 1.56. The van der Waals surface area contributed by atoms with Gasteiger partial charge in [0.05, 0.1) is 13.2 Å². The van der Waals surface area contributed by atoms with E-state index < -0.39 is 6.10 Å². The molecule has 1 aromatic carbocycles. The average molecular weight is 494 g/mol. The quantitative estimate of drug-likeness (QED) is 0.664. The summed E-state index contributed by atoms with van der Waals surface area (Å²) in [5, 5.41) is 13.1. The number of aliphatic hydroxyl groups excluding tert-OH is 1. The first-order chi connectivity index (χ1) is 17.4. The van der Waals surface area contributed by atoms with Crippen molar-refractivity contribution < 1.29 is 19.4 Å². The average Bonchev–Trinajstić information content (AvgIpc) is 3.52. The number of nitrogens with zero attached hydrogens (tertiary/aromatic N) is 4. The minimum atomic E-state index is -0.986. The lowest BCUT2D eigenvalue weighted by molar-refractivity contribution is -0.124. The van der Waals surface area contributed by atoms with Crippen molar-refractivity contribution in [3.05, 3.63) is 35.9 Å². The van der Waals surface area contributed by atoms with Gasteiger partial charge >= 0.3 is 6.03 Å². The molecular formula is C27H35N5O4. The van der Waals surface area contributed by atoms with Crippen molar-refractivity contribution in [2.75, 3.05) is 61.1 Å². The lowest BCUT2D eigenvalue weighted by Gasteiger charge is -2.29. The number of benzene rings is 1. The Hall–Kier alpha value is -3.17. The number of nitrogens with one attached hydrogen (secondary N) is 1. The number of hydrogen-bond acceptors (Lipinski definition) is 6. The van der Waals surface area contributed by atoms with Crippen molar-refractivity contribution in [2.24, 2.45) is 5.92 Å². The Morgan fingerprint density at radius 3 is 2.58 bits per heavy atom. The van der Waals surface area contributed by atoms with Crippen LogP contribution < -0.4 is 15.1 Å². The third-order valence-electron chi connectivity index (χ3n) is 7.54. The molecule has 9 heteroatoms. The van der Waals surface area contributed by atoms with E-state index >= 15 is 0 Å². The molecule has 1 aromatic heterocycles. The van der Waals surface area contributed by atoms with Gasteiger partial charge in [0.15, 0.2) is 0 Å². The molecule has 3 fully saturated rings. The molecule has 192 valence electrons. The topological polar surface area (TPSA) is 98.2 Å². The van der Waals surface area contributed by atoms with E-state index in [4.69, 9.17) is 9.72 Å². The molecule has 3 aliphatic heterocycles. The highest BCUT2D eigenvalue weighted by atomic mass is 16.5. The number of hydrogen-bond donors (Lipinski definition) is 2. The van der Waals surface area contributed by atoms with Crippen LogP contribution in [0.25, 0.3) is 11.1 Å². The van der Waals surface area contributed by atoms with E-state index in [2.05, 4.69) is 17.1 Å². The van der Waals surface area contributed by atoms with E-state index in [1.165, 1.54) is 0 Å². The zero-order valence-corrected chi connectivity index (χ0v) is 21.1. The fourth-order valence-electron chi connectivity index (χ4n) is 5.21. The molecule has 0 radical (unpaired) electrons. The lowest BCUT2D eigenvalue weighted by Crippen LogP contribution is -2.37. The van der Waals surface area contributed by atoms with E-state index in [9.17, 15) is 14.7 Å². The molecule has 5 rings (SSSR count). The fourth-order valence-corrected chi connectivity index (χ4v) is 5.21. The Balaban J connectivity index is 1.46. The molecule has 3 amide bonds. The Kier molecular flexibility index (Phi) is 7.11. The zero-order valence-electron chi connectivity index (χ0n) is 21.1. The number of aromatic nitrogens is 1.